The monoisotopic (exact) mass is 600 g/mol. The molecule has 5 nitrogen and oxygen atoms in total. The first-order valence-corrected chi connectivity index (χ1v) is 15.6. The normalized spacial score (nSPS) is 11.8. The fraction of sp³-hybridized carbons (Fsp3) is 0. The van der Waals surface area contributed by atoms with Gasteiger partial charge >= 0.3 is 0 Å². The highest BCUT2D eigenvalue weighted by Crippen LogP contribution is 2.41. The Kier molecular flexibility index (Phi) is 5.28. The van der Waals surface area contributed by atoms with Gasteiger partial charge in [0, 0.05) is 39.1 Å². The third-order valence-corrected chi connectivity index (χ3v) is 9.40. The summed E-state index contributed by atoms with van der Waals surface area (Å²) in [6.07, 6.45) is 3.82. The van der Waals surface area contributed by atoms with Crippen LogP contribution in [0.5, 0.6) is 0 Å². The quantitative estimate of drug-likeness (QED) is 0.189. The Morgan fingerprint density at radius 3 is 2.09 bits per heavy atom. The summed E-state index contributed by atoms with van der Waals surface area (Å²) in [6.45, 7) is 7.55. The Bertz CT molecular complexity index is 2930. The molecule has 0 atom stereocenters. The first kappa shape index (κ1) is 25.7. The highest BCUT2D eigenvalue weighted by Gasteiger charge is 2.19. The fourth-order valence-electron chi connectivity index (χ4n) is 7.39. The van der Waals surface area contributed by atoms with Gasteiger partial charge in [0.15, 0.2) is 5.69 Å². The Morgan fingerprint density at radius 2 is 1.26 bits per heavy atom. The molecule has 0 saturated carbocycles. The van der Waals surface area contributed by atoms with Crippen molar-refractivity contribution < 1.29 is 4.42 Å². The first-order chi connectivity index (χ1) is 23.3. The van der Waals surface area contributed by atoms with E-state index >= 15 is 0 Å². The molecule has 4 aromatic heterocycles. The van der Waals surface area contributed by atoms with Crippen molar-refractivity contribution in [1.82, 2.24) is 14.1 Å². The number of benzene rings is 6. The lowest BCUT2D eigenvalue weighted by atomic mass is 10.0. The predicted octanol–water partition coefficient (Wildman–Crippen LogP) is 11.4. The van der Waals surface area contributed by atoms with Crippen LogP contribution in [0.1, 0.15) is 0 Å². The number of hydrogen-bond donors (Lipinski definition) is 0. The smallest absolute Gasteiger partial charge is 0.188 e. The Balaban J connectivity index is 1.20. The average Bonchev–Trinajstić information content (AvgIpc) is 3.79. The molecule has 0 aliphatic carbocycles. The molecule has 0 aliphatic heterocycles. The van der Waals surface area contributed by atoms with Crippen LogP contribution in [-0.4, -0.2) is 14.1 Å². The van der Waals surface area contributed by atoms with Crippen LogP contribution >= 0.6 is 0 Å². The standard InChI is InChI=1S/C42H24N4O/c1-43-28-16-18-37-35(24-28)31-12-2-4-14-36(31)45(37)29-10-6-8-26(22-29)27-9-7-11-30(23-27)46-38-25-44-21-20-32(38)33-17-19-40-41(42(33)46)34-13-3-5-15-39(34)47-40/h2-25H. The number of hydrogen-bond acceptors (Lipinski definition) is 2. The first-order valence-electron chi connectivity index (χ1n) is 15.6. The van der Waals surface area contributed by atoms with Crippen molar-refractivity contribution in [2.24, 2.45) is 0 Å². The van der Waals surface area contributed by atoms with Crippen molar-refractivity contribution in [3.63, 3.8) is 0 Å². The van der Waals surface area contributed by atoms with Crippen molar-refractivity contribution in [3.8, 4) is 22.5 Å². The number of furan rings is 1. The molecule has 0 N–H and O–H groups in total. The summed E-state index contributed by atoms with van der Waals surface area (Å²) in [5.41, 5.74) is 11.1. The SMILES string of the molecule is [C-]#[N+]c1ccc2c(c1)c1ccccc1n2-c1cccc(-c2cccc(-n3c4cnccc4c4ccc5oc6ccccc6c5c43)c2)c1. The largest absolute Gasteiger partial charge is 0.456 e. The maximum Gasteiger partial charge on any atom is 0.188 e. The fourth-order valence-corrected chi connectivity index (χ4v) is 7.39. The van der Waals surface area contributed by atoms with Gasteiger partial charge in [0.2, 0.25) is 0 Å². The lowest BCUT2D eigenvalue weighted by molar-refractivity contribution is 0.669. The molecule has 0 aliphatic rings. The molecule has 0 spiro atoms. The van der Waals surface area contributed by atoms with Gasteiger partial charge in [-0.1, -0.05) is 66.7 Å². The number of rotatable bonds is 3. The minimum absolute atomic E-state index is 0.645. The van der Waals surface area contributed by atoms with Gasteiger partial charge in [-0.3, -0.25) is 4.98 Å². The van der Waals surface area contributed by atoms with E-state index in [1.165, 1.54) is 5.39 Å². The number of pyridine rings is 1. The van der Waals surface area contributed by atoms with E-state index in [2.05, 4.69) is 128 Å². The molecular weight excluding hydrogens is 576 g/mol. The van der Waals surface area contributed by atoms with Crippen LogP contribution in [0.15, 0.2) is 150 Å². The minimum Gasteiger partial charge on any atom is -0.456 e. The van der Waals surface area contributed by atoms with E-state index in [9.17, 15) is 0 Å². The summed E-state index contributed by atoms with van der Waals surface area (Å²) < 4.78 is 10.9. The molecule has 5 heteroatoms. The third-order valence-electron chi connectivity index (χ3n) is 9.40. The summed E-state index contributed by atoms with van der Waals surface area (Å²) in [5.74, 6) is 0. The number of aromatic nitrogens is 3. The van der Waals surface area contributed by atoms with Gasteiger partial charge in [0.25, 0.3) is 0 Å². The Morgan fingerprint density at radius 1 is 0.532 bits per heavy atom. The number of para-hydroxylation sites is 2. The molecule has 0 bridgehead atoms. The predicted molar refractivity (Wildman–Crippen MR) is 192 cm³/mol. The van der Waals surface area contributed by atoms with E-state index < -0.39 is 0 Å². The summed E-state index contributed by atoms with van der Waals surface area (Å²) in [4.78, 5) is 8.23. The van der Waals surface area contributed by atoms with E-state index in [0.29, 0.717) is 5.69 Å². The molecule has 10 aromatic rings. The van der Waals surface area contributed by atoms with Crippen LogP contribution in [0.4, 0.5) is 5.69 Å². The van der Waals surface area contributed by atoms with Gasteiger partial charge in [0.05, 0.1) is 40.2 Å². The molecule has 218 valence electrons. The van der Waals surface area contributed by atoms with Crippen LogP contribution in [0.2, 0.25) is 0 Å². The van der Waals surface area contributed by atoms with Crippen molar-refractivity contribution in [1.29, 1.82) is 0 Å². The van der Waals surface area contributed by atoms with Gasteiger partial charge in [-0.25, -0.2) is 4.85 Å². The Labute approximate surface area is 269 Å². The van der Waals surface area contributed by atoms with Crippen LogP contribution in [0, 0.1) is 6.57 Å². The molecule has 6 aromatic carbocycles. The van der Waals surface area contributed by atoms with E-state index in [-0.39, 0.29) is 0 Å². The van der Waals surface area contributed by atoms with Crippen molar-refractivity contribution in [2.75, 3.05) is 0 Å². The summed E-state index contributed by atoms with van der Waals surface area (Å²) >= 11 is 0. The lowest BCUT2D eigenvalue weighted by Gasteiger charge is -2.13. The van der Waals surface area contributed by atoms with E-state index in [1.807, 2.05) is 36.7 Å². The van der Waals surface area contributed by atoms with E-state index in [1.54, 1.807) is 0 Å². The second-order valence-corrected chi connectivity index (χ2v) is 11.9. The van der Waals surface area contributed by atoms with E-state index in [0.717, 1.165) is 82.7 Å². The van der Waals surface area contributed by atoms with Crippen molar-refractivity contribution in [2.45, 2.75) is 0 Å². The van der Waals surface area contributed by atoms with Crippen LogP contribution in [0.25, 0.3) is 92.9 Å². The van der Waals surface area contributed by atoms with Gasteiger partial charge < -0.3 is 13.6 Å². The molecule has 0 saturated heterocycles. The average molecular weight is 601 g/mol. The second-order valence-electron chi connectivity index (χ2n) is 11.9. The molecule has 47 heavy (non-hydrogen) atoms. The number of nitrogens with zero attached hydrogens (tertiary/aromatic N) is 4. The summed E-state index contributed by atoms with van der Waals surface area (Å²) in [7, 11) is 0. The van der Waals surface area contributed by atoms with Crippen LogP contribution in [0.3, 0.4) is 0 Å². The summed E-state index contributed by atoms with van der Waals surface area (Å²) in [5, 5.41) is 6.75. The topological polar surface area (TPSA) is 40.2 Å². The lowest BCUT2D eigenvalue weighted by Crippen LogP contribution is -1.96. The zero-order chi connectivity index (χ0) is 31.1. The zero-order valence-electron chi connectivity index (χ0n) is 25.1. The van der Waals surface area contributed by atoms with Crippen molar-refractivity contribution in [3.05, 3.63) is 157 Å². The maximum atomic E-state index is 7.55. The molecule has 0 fully saturated rings. The highest BCUT2D eigenvalue weighted by atomic mass is 16.3. The zero-order valence-corrected chi connectivity index (χ0v) is 25.1. The molecule has 0 radical (unpaired) electrons. The van der Waals surface area contributed by atoms with Gasteiger partial charge in [-0.05, 0) is 83.2 Å². The molecule has 10 rings (SSSR count). The number of fused-ring (bicyclic) bond motifs is 10. The second kappa shape index (κ2) is 9.68. The third kappa shape index (κ3) is 3.67. The molecule has 0 unspecified atom stereocenters. The van der Waals surface area contributed by atoms with Gasteiger partial charge in [-0.15, -0.1) is 0 Å². The summed E-state index contributed by atoms with van der Waals surface area (Å²) in [6, 6.07) is 46.4. The van der Waals surface area contributed by atoms with Gasteiger partial charge in [0.1, 0.15) is 11.2 Å². The van der Waals surface area contributed by atoms with E-state index in [4.69, 9.17) is 11.0 Å². The van der Waals surface area contributed by atoms with Crippen LogP contribution in [-0.2, 0) is 0 Å². The van der Waals surface area contributed by atoms with Gasteiger partial charge in [-0.2, -0.15) is 0 Å². The minimum atomic E-state index is 0.645. The maximum absolute atomic E-state index is 7.55. The molecular formula is C42H24N4O. The van der Waals surface area contributed by atoms with Crippen LogP contribution < -0.4 is 0 Å². The molecule has 0 amide bonds. The highest BCUT2D eigenvalue weighted by molar-refractivity contribution is 6.24. The Hall–Kier alpha value is -6.64. The van der Waals surface area contributed by atoms with Crippen molar-refractivity contribution >= 4 is 71.2 Å². The molecule has 4 heterocycles.